The highest BCUT2D eigenvalue weighted by Gasteiger charge is 2.14. The molecule has 0 heterocycles. The molecule has 0 saturated carbocycles. The Hall–Kier alpha value is -1.19. The molecule has 0 aromatic carbocycles. The molecule has 4 heteroatoms. The lowest BCUT2D eigenvalue weighted by Gasteiger charge is -2.18. The number of hydrogen-bond acceptors (Lipinski definition) is 3. The molecule has 0 fully saturated rings. The van der Waals surface area contributed by atoms with Crippen molar-refractivity contribution in [3.05, 3.63) is 12.4 Å². The summed E-state index contributed by atoms with van der Waals surface area (Å²) >= 11 is 0. The maximum Gasteiger partial charge on any atom is 0.411 e. The van der Waals surface area contributed by atoms with Crippen molar-refractivity contribution in [2.75, 3.05) is 0 Å². The van der Waals surface area contributed by atoms with Crippen LogP contribution in [0.4, 0.5) is 4.79 Å². The second-order valence-corrected chi connectivity index (χ2v) is 3.01. The van der Waals surface area contributed by atoms with Gasteiger partial charge >= 0.3 is 6.09 Å². The van der Waals surface area contributed by atoms with Crippen LogP contribution in [0.5, 0.6) is 0 Å². The lowest BCUT2D eigenvalue weighted by molar-refractivity contribution is 0.0552. The van der Waals surface area contributed by atoms with Crippen LogP contribution in [-0.4, -0.2) is 11.7 Å². The first-order valence-corrected chi connectivity index (χ1v) is 3.32. The fourth-order valence-corrected chi connectivity index (χ4v) is 0.424. The Balaban J connectivity index is 3.70. The molecule has 0 aliphatic rings. The van der Waals surface area contributed by atoms with Crippen molar-refractivity contribution in [3.8, 4) is 0 Å². The Labute approximate surface area is 66.4 Å². The maximum absolute atomic E-state index is 10.8. The lowest BCUT2D eigenvalue weighted by Crippen LogP contribution is -2.29. The Morgan fingerprint density at radius 3 is 2.45 bits per heavy atom. The van der Waals surface area contributed by atoms with Crippen molar-refractivity contribution in [2.45, 2.75) is 26.4 Å². The van der Waals surface area contributed by atoms with E-state index in [1.165, 1.54) is 12.4 Å². The van der Waals surface area contributed by atoms with Crippen LogP contribution in [0.25, 0.3) is 0 Å². The standard InChI is InChI=1S/C7H14N2O2/c1-7(2,3)11-6(10)9-5-4-8/h4-5H,8H2,1-3H3,(H,9,10). The maximum atomic E-state index is 10.8. The summed E-state index contributed by atoms with van der Waals surface area (Å²) in [6.07, 6.45) is 2.04. The molecule has 0 unspecified atom stereocenters. The molecule has 0 saturated heterocycles. The Kier molecular flexibility index (Phi) is 3.44. The lowest BCUT2D eigenvalue weighted by atomic mass is 10.2. The Bertz CT molecular complexity index is 158. The summed E-state index contributed by atoms with van der Waals surface area (Å²) in [5.41, 5.74) is 4.52. The van der Waals surface area contributed by atoms with E-state index in [1.54, 1.807) is 20.8 Å². The highest BCUT2D eigenvalue weighted by atomic mass is 16.6. The van der Waals surface area contributed by atoms with Gasteiger partial charge in [0.1, 0.15) is 5.60 Å². The number of rotatable bonds is 1. The molecule has 0 bridgehead atoms. The van der Waals surface area contributed by atoms with E-state index in [2.05, 4.69) is 5.32 Å². The molecule has 0 spiro atoms. The molecule has 4 nitrogen and oxygen atoms in total. The number of nitrogens with two attached hydrogens (primary N) is 1. The van der Waals surface area contributed by atoms with Crippen LogP contribution in [0.15, 0.2) is 12.4 Å². The van der Waals surface area contributed by atoms with E-state index >= 15 is 0 Å². The predicted molar refractivity (Wildman–Crippen MR) is 42.7 cm³/mol. The summed E-state index contributed by atoms with van der Waals surface area (Å²) in [6, 6.07) is 0. The molecule has 0 aromatic heterocycles. The zero-order chi connectivity index (χ0) is 8.91. The molecule has 0 aromatic rings. The number of carbonyl (C=O) groups is 1. The van der Waals surface area contributed by atoms with E-state index in [-0.39, 0.29) is 0 Å². The number of amides is 1. The SMILES string of the molecule is CC(C)(C)OC(=O)NC=CN. The van der Waals surface area contributed by atoms with Crippen molar-refractivity contribution in [1.82, 2.24) is 5.32 Å². The molecular formula is C7H14N2O2. The molecule has 1 amide bonds. The van der Waals surface area contributed by atoms with Crippen LogP contribution in [0.1, 0.15) is 20.8 Å². The minimum atomic E-state index is -0.501. The van der Waals surface area contributed by atoms with Crippen molar-refractivity contribution < 1.29 is 9.53 Å². The topological polar surface area (TPSA) is 64.3 Å². The third-order valence-corrected chi connectivity index (χ3v) is 0.696. The van der Waals surface area contributed by atoms with Gasteiger partial charge in [-0.2, -0.15) is 0 Å². The zero-order valence-corrected chi connectivity index (χ0v) is 7.05. The van der Waals surface area contributed by atoms with Gasteiger partial charge in [-0.15, -0.1) is 0 Å². The van der Waals surface area contributed by atoms with Crippen molar-refractivity contribution in [2.24, 2.45) is 5.73 Å². The van der Waals surface area contributed by atoms with Crippen LogP contribution in [0.2, 0.25) is 0 Å². The van der Waals surface area contributed by atoms with Gasteiger partial charge in [-0.05, 0) is 20.8 Å². The number of alkyl carbamates (subject to hydrolysis) is 1. The summed E-state index contributed by atoms with van der Waals surface area (Å²) in [7, 11) is 0. The Morgan fingerprint density at radius 2 is 2.09 bits per heavy atom. The van der Waals surface area contributed by atoms with Crippen molar-refractivity contribution >= 4 is 6.09 Å². The van der Waals surface area contributed by atoms with Crippen molar-refractivity contribution in [1.29, 1.82) is 0 Å². The molecule has 0 atom stereocenters. The first-order valence-electron chi connectivity index (χ1n) is 3.32. The van der Waals surface area contributed by atoms with Gasteiger partial charge in [-0.3, -0.25) is 5.32 Å². The van der Waals surface area contributed by atoms with E-state index in [4.69, 9.17) is 10.5 Å². The second kappa shape index (κ2) is 3.85. The minimum Gasteiger partial charge on any atom is -0.444 e. The average molecular weight is 158 g/mol. The van der Waals surface area contributed by atoms with Crippen LogP contribution in [0, 0.1) is 0 Å². The van der Waals surface area contributed by atoms with Crippen molar-refractivity contribution in [3.63, 3.8) is 0 Å². The quantitative estimate of drug-likeness (QED) is 0.597. The third-order valence-electron chi connectivity index (χ3n) is 0.696. The van der Waals surface area contributed by atoms with Gasteiger partial charge in [0.2, 0.25) is 0 Å². The fraction of sp³-hybridized carbons (Fsp3) is 0.571. The van der Waals surface area contributed by atoms with Gasteiger partial charge in [-0.1, -0.05) is 0 Å². The molecule has 0 aliphatic heterocycles. The van der Waals surface area contributed by atoms with E-state index in [9.17, 15) is 4.79 Å². The van der Waals surface area contributed by atoms with Crippen LogP contribution >= 0.6 is 0 Å². The third kappa shape index (κ3) is 6.70. The summed E-state index contributed by atoms with van der Waals surface area (Å²) in [5, 5.41) is 2.32. The summed E-state index contributed by atoms with van der Waals surface area (Å²) in [4.78, 5) is 10.8. The number of ether oxygens (including phenoxy) is 1. The molecule has 0 radical (unpaired) electrons. The normalized spacial score (nSPS) is 11.5. The first kappa shape index (κ1) is 9.81. The van der Waals surface area contributed by atoms with Crippen LogP contribution in [-0.2, 0) is 4.74 Å². The Morgan fingerprint density at radius 1 is 1.55 bits per heavy atom. The van der Waals surface area contributed by atoms with Gasteiger partial charge in [0, 0.05) is 12.4 Å². The summed E-state index contributed by atoms with van der Waals surface area (Å²) < 4.78 is 4.88. The predicted octanol–water partition coefficient (Wildman–Crippen LogP) is 0.941. The number of carbonyl (C=O) groups excluding carboxylic acids is 1. The van der Waals surface area contributed by atoms with E-state index in [0.717, 1.165) is 0 Å². The highest BCUT2D eigenvalue weighted by molar-refractivity contribution is 5.68. The van der Waals surface area contributed by atoms with Gasteiger partial charge in [0.15, 0.2) is 0 Å². The largest absolute Gasteiger partial charge is 0.444 e. The van der Waals surface area contributed by atoms with Crippen LogP contribution in [0.3, 0.4) is 0 Å². The summed E-state index contributed by atoms with van der Waals surface area (Å²) in [5.74, 6) is 0. The molecule has 0 rings (SSSR count). The van der Waals surface area contributed by atoms with E-state index < -0.39 is 11.7 Å². The van der Waals surface area contributed by atoms with Gasteiger partial charge in [0.25, 0.3) is 0 Å². The summed E-state index contributed by atoms with van der Waals surface area (Å²) in [6.45, 7) is 5.37. The molecule has 0 aliphatic carbocycles. The molecule has 3 N–H and O–H groups in total. The average Bonchev–Trinajstić information content (AvgIpc) is 1.79. The number of nitrogens with one attached hydrogen (secondary N) is 1. The van der Waals surface area contributed by atoms with E-state index in [1.807, 2.05) is 0 Å². The zero-order valence-electron chi connectivity index (χ0n) is 7.05. The second-order valence-electron chi connectivity index (χ2n) is 3.01. The van der Waals surface area contributed by atoms with E-state index in [0.29, 0.717) is 0 Å². The highest BCUT2D eigenvalue weighted by Crippen LogP contribution is 2.05. The number of hydrogen-bond donors (Lipinski definition) is 2. The minimum absolute atomic E-state index is 0.466. The van der Waals surface area contributed by atoms with Gasteiger partial charge in [0.05, 0.1) is 0 Å². The molecule has 11 heavy (non-hydrogen) atoms. The van der Waals surface area contributed by atoms with Crippen LogP contribution < -0.4 is 11.1 Å². The van der Waals surface area contributed by atoms with Gasteiger partial charge in [-0.25, -0.2) is 4.79 Å². The molecule has 64 valence electrons. The monoisotopic (exact) mass is 158 g/mol. The smallest absolute Gasteiger partial charge is 0.411 e. The fourth-order valence-electron chi connectivity index (χ4n) is 0.424. The first-order chi connectivity index (χ1) is 4.95. The van der Waals surface area contributed by atoms with Gasteiger partial charge < -0.3 is 10.5 Å². The molecular weight excluding hydrogens is 144 g/mol.